The zero-order valence-electron chi connectivity index (χ0n) is 18.3. The van der Waals surface area contributed by atoms with Crippen molar-refractivity contribution in [1.29, 1.82) is 5.26 Å². The van der Waals surface area contributed by atoms with Crippen LogP contribution in [-0.2, 0) is 6.54 Å². The standard InChI is InChI=1S/C26H24N4O3/c1-29(11-3-10-27)16-21-17-33-26-14-24(20-4-2-5-22(12-20)30(31)32)23(13-25(21)26)19-8-6-18(15-28)7-9-19/h2,4-9,12-14,17H,3,10-11,16,27H2,1H3. The van der Waals surface area contributed by atoms with Gasteiger partial charge in [-0.05, 0) is 73.1 Å². The SMILES string of the molecule is CN(CCCN)Cc1coc2cc(-c3cccc([N+](=O)[O-])c3)c(-c3ccc(C#N)cc3)cc12. The van der Waals surface area contributed by atoms with Crippen LogP contribution in [0.5, 0.6) is 0 Å². The number of nitriles is 1. The van der Waals surface area contributed by atoms with Gasteiger partial charge in [-0.15, -0.1) is 0 Å². The van der Waals surface area contributed by atoms with E-state index in [2.05, 4.69) is 17.0 Å². The van der Waals surface area contributed by atoms with Gasteiger partial charge in [0, 0.05) is 29.6 Å². The molecule has 7 nitrogen and oxygen atoms in total. The maximum Gasteiger partial charge on any atom is 0.270 e. The predicted octanol–water partition coefficient (Wildman–Crippen LogP) is 5.33. The van der Waals surface area contributed by atoms with Crippen LogP contribution in [0.15, 0.2) is 71.3 Å². The number of hydrogen-bond donors (Lipinski definition) is 1. The van der Waals surface area contributed by atoms with Crippen LogP contribution in [0.25, 0.3) is 33.2 Å². The molecule has 2 N–H and O–H groups in total. The van der Waals surface area contributed by atoms with E-state index in [1.54, 1.807) is 30.5 Å². The molecule has 0 atom stereocenters. The molecule has 0 bridgehead atoms. The number of nitrogens with two attached hydrogens (primary N) is 1. The van der Waals surface area contributed by atoms with E-state index in [-0.39, 0.29) is 5.69 Å². The molecule has 0 spiro atoms. The summed E-state index contributed by atoms with van der Waals surface area (Å²) in [6.07, 6.45) is 2.68. The maximum atomic E-state index is 11.3. The average molecular weight is 441 g/mol. The molecule has 4 rings (SSSR count). The third-order valence-corrected chi connectivity index (χ3v) is 5.67. The van der Waals surface area contributed by atoms with E-state index in [9.17, 15) is 15.4 Å². The zero-order chi connectivity index (χ0) is 23.4. The lowest BCUT2D eigenvalue weighted by molar-refractivity contribution is -0.384. The average Bonchev–Trinajstić information content (AvgIpc) is 3.23. The van der Waals surface area contributed by atoms with Crippen molar-refractivity contribution in [2.75, 3.05) is 20.1 Å². The molecule has 0 amide bonds. The van der Waals surface area contributed by atoms with Crippen molar-refractivity contribution in [3.05, 3.63) is 88.2 Å². The van der Waals surface area contributed by atoms with Gasteiger partial charge in [-0.25, -0.2) is 0 Å². The monoisotopic (exact) mass is 440 g/mol. The molecule has 0 unspecified atom stereocenters. The summed E-state index contributed by atoms with van der Waals surface area (Å²) in [6, 6.07) is 20.1. The number of nitro groups is 1. The Bertz CT molecular complexity index is 1340. The van der Waals surface area contributed by atoms with Crippen molar-refractivity contribution >= 4 is 16.7 Å². The molecule has 1 aromatic heterocycles. The van der Waals surface area contributed by atoms with Gasteiger partial charge in [0.2, 0.25) is 0 Å². The Hall–Kier alpha value is -3.99. The Kier molecular flexibility index (Phi) is 6.50. The Morgan fingerprint density at radius 3 is 2.55 bits per heavy atom. The van der Waals surface area contributed by atoms with E-state index in [1.807, 2.05) is 31.3 Å². The van der Waals surface area contributed by atoms with E-state index >= 15 is 0 Å². The van der Waals surface area contributed by atoms with Crippen molar-refractivity contribution in [1.82, 2.24) is 4.90 Å². The highest BCUT2D eigenvalue weighted by Gasteiger charge is 2.17. The summed E-state index contributed by atoms with van der Waals surface area (Å²) in [5, 5.41) is 21.5. The van der Waals surface area contributed by atoms with Gasteiger partial charge in [0.25, 0.3) is 5.69 Å². The lowest BCUT2D eigenvalue weighted by atomic mass is 9.92. The minimum absolute atomic E-state index is 0.0278. The number of hydrogen-bond acceptors (Lipinski definition) is 6. The van der Waals surface area contributed by atoms with Crippen LogP contribution in [0.4, 0.5) is 5.69 Å². The highest BCUT2D eigenvalue weighted by molar-refractivity contribution is 5.96. The molecule has 3 aromatic carbocycles. The summed E-state index contributed by atoms with van der Waals surface area (Å²) in [5.41, 5.74) is 11.4. The van der Waals surface area contributed by atoms with Crippen molar-refractivity contribution in [2.45, 2.75) is 13.0 Å². The van der Waals surface area contributed by atoms with Crippen molar-refractivity contribution < 1.29 is 9.34 Å². The number of non-ortho nitro benzene ring substituents is 1. The largest absolute Gasteiger partial charge is 0.464 e. The lowest BCUT2D eigenvalue weighted by Crippen LogP contribution is -2.21. The number of furan rings is 1. The molecular formula is C26H24N4O3. The molecule has 7 heteroatoms. The molecule has 0 aliphatic heterocycles. The molecule has 166 valence electrons. The third kappa shape index (κ3) is 4.77. The van der Waals surface area contributed by atoms with Gasteiger partial charge in [0.15, 0.2) is 0 Å². The third-order valence-electron chi connectivity index (χ3n) is 5.67. The Balaban J connectivity index is 1.86. The number of nitrogens with zero attached hydrogens (tertiary/aromatic N) is 3. The van der Waals surface area contributed by atoms with Gasteiger partial charge in [-0.1, -0.05) is 24.3 Å². The fraction of sp³-hybridized carbons (Fsp3) is 0.192. The second-order valence-corrected chi connectivity index (χ2v) is 8.03. The van der Waals surface area contributed by atoms with Crippen LogP contribution in [0.1, 0.15) is 17.5 Å². The highest BCUT2D eigenvalue weighted by atomic mass is 16.6. The summed E-state index contributed by atoms with van der Waals surface area (Å²) in [4.78, 5) is 13.2. The molecule has 0 aliphatic carbocycles. The Morgan fingerprint density at radius 1 is 1.09 bits per heavy atom. The van der Waals surface area contributed by atoms with E-state index in [0.29, 0.717) is 12.1 Å². The normalized spacial score (nSPS) is 11.1. The first-order valence-electron chi connectivity index (χ1n) is 10.7. The van der Waals surface area contributed by atoms with Gasteiger partial charge < -0.3 is 15.1 Å². The second-order valence-electron chi connectivity index (χ2n) is 8.03. The summed E-state index contributed by atoms with van der Waals surface area (Å²) in [5.74, 6) is 0. The van der Waals surface area contributed by atoms with Crippen molar-refractivity contribution in [3.8, 4) is 28.3 Å². The molecule has 4 aromatic rings. The van der Waals surface area contributed by atoms with Crippen LogP contribution in [0, 0.1) is 21.4 Å². The zero-order valence-corrected chi connectivity index (χ0v) is 18.3. The molecule has 0 saturated heterocycles. The van der Waals surface area contributed by atoms with Gasteiger partial charge in [0.1, 0.15) is 5.58 Å². The van der Waals surface area contributed by atoms with Crippen LogP contribution in [-0.4, -0.2) is 30.0 Å². The summed E-state index contributed by atoms with van der Waals surface area (Å²) in [6.45, 7) is 2.25. The molecule has 0 saturated carbocycles. The van der Waals surface area contributed by atoms with Crippen LogP contribution >= 0.6 is 0 Å². The van der Waals surface area contributed by atoms with E-state index in [4.69, 9.17) is 10.2 Å². The molecule has 0 fully saturated rings. The molecule has 0 radical (unpaired) electrons. The van der Waals surface area contributed by atoms with Crippen LogP contribution in [0.2, 0.25) is 0 Å². The quantitative estimate of drug-likeness (QED) is 0.293. The first kappa shape index (κ1) is 22.2. The lowest BCUT2D eigenvalue weighted by Gasteiger charge is -2.16. The Morgan fingerprint density at radius 2 is 1.85 bits per heavy atom. The fourth-order valence-corrected chi connectivity index (χ4v) is 3.97. The van der Waals surface area contributed by atoms with E-state index in [1.165, 1.54) is 6.07 Å². The molecule has 0 aliphatic rings. The van der Waals surface area contributed by atoms with Crippen LogP contribution in [0.3, 0.4) is 0 Å². The van der Waals surface area contributed by atoms with Crippen LogP contribution < -0.4 is 5.73 Å². The van der Waals surface area contributed by atoms with Gasteiger partial charge in [-0.3, -0.25) is 10.1 Å². The van der Waals surface area contributed by atoms with Crippen molar-refractivity contribution in [2.24, 2.45) is 5.73 Å². The van der Waals surface area contributed by atoms with Gasteiger partial charge >= 0.3 is 0 Å². The summed E-state index contributed by atoms with van der Waals surface area (Å²) < 4.78 is 5.89. The number of fused-ring (bicyclic) bond motifs is 1. The van der Waals surface area contributed by atoms with Gasteiger partial charge in [-0.2, -0.15) is 5.26 Å². The first-order valence-corrected chi connectivity index (χ1v) is 10.7. The minimum atomic E-state index is -0.397. The summed E-state index contributed by atoms with van der Waals surface area (Å²) >= 11 is 0. The van der Waals surface area contributed by atoms with Gasteiger partial charge in [0.05, 0.1) is 22.8 Å². The topological polar surface area (TPSA) is 109 Å². The maximum absolute atomic E-state index is 11.3. The second kappa shape index (κ2) is 9.65. The summed E-state index contributed by atoms with van der Waals surface area (Å²) in [7, 11) is 2.05. The van der Waals surface area contributed by atoms with E-state index < -0.39 is 4.92 Å². The minimum Gasteiger partial charge on any atom is -0.464 e. The number of rotatable bonds is 8. The highest BCUT2D eigenvalue weighted by Crippen LogP contribution is 2.38. The number of benzene rings is 3. The predicted molar refractivity (Wildman–Crippen MR) is 128 cm³/mol. The fourth-order valence-electron chi connectivity index (χ4n) is 3.97. The first-order chi connectivity index (χ1) is 16.0. The molecular weight excluding hydrogens is 416 g/mol. The molecule has 1 heterocycles. The Labute approximate surface area is 191 Å². The number of nitro benzene ring substituents is 1. The van der Waals surface area contributed by atoms with Crippen molar-refractivity contribution in [3.63, 3.8) is 0 Å². The smallest absolute Gasteiger partial charge is 0.270 e. The molecule has 33 heavy (non-hydrogen) atoms. The van der Waals surface area contributed by atoms with E-state index in [0.717, 1.165) is 58.3 Å².